The third kappa shape index (κ3) is 4.81. The van der Waals surface area contributed by atoms with Crippen LogP contribution in [0.15, 0.2) is 84.9 Å². The Hall–Kier alpha value is -3.97. The lowest BCUT2D eigenvalue weighted by atomic mass is 9.82. The first-order valence-electron chi connectivity index (χ1n) is 11.7. The monoisotopic (exact) mass is 470 g/mol. The molecule has 0 bridgehead atoms. The first kappa shape index (κ1) is 24.2. The maximum atomic E-state index is 14.0. The van der Waals surface area contributed by atoms with Crippen molar-refractivity contribution in [3.63, 3.8) is 0 Å². The van der Waals surface area contributed by atoms with Crippen LogP contribution in [0.3, 0.4) is 0 Å². The molecule has 7 nitrogen and oxygen atoms in total. The molecule has 1 fully saturated rings. The average molecular weight is 471 g/mol. The largest absolute Gasteiger partial charge is 0.380 e. The lowest BCUT2D eigenvalue weighted by Crippen LogP contribution is -2.45. The Labute approximate surface area is 205 Å². The highest BCUT2D eigenvalue weighted by atomic mass is 16.5. The first-order valence-corrected chi connectivity index (χ1v) is 11.7. The highest BCUT2D eigenvalue weighted by Gasteiger charge is 2.52. The lowest BCUT2D eigenvalue weighted by molar-refractivity contribution is -0.130. The molecule has 0 aromatic heterocycles. The number of nitrogens with zero attached hydrogens (tertiary/aromatic N) is 2. The van der Waals surface area contributed by atoms with E-state index < -0.39 is 5.54 Å². The Morgan fingerprint density at radius 2 is 1.63 bits per heavy atom. The zero-order valence-corrected chi connectivity index (χ0v) is 20.0. The van der Waals surface area contributed by atoms with Crippen molar-refractivity contribution in [3.8, 4) is 0 Å². The molecule has 3 aromatic rings. The van der Waals surface area contributed by atoms with E-state index in [4.69, 9.17) is 10.1 Å². The Balaban J connectivity index is 1.60. The number of carbonyl (C=O) groups excluding carboxylic acids is 2. The van der Waals surface area contributed by atoms with Crippen molar-refractivity contribution < 1.29 is 14.3 Å². The SMILES string of the molecule is CCOCCN(C)C(=O)c1cccc(CN2C(=N)NC(c3ccccc3)(c3ccccc3)C2=O)c1. The standard InChI is InChI=1S/C28H30N4O3/c1-3-35-18-17-31(2)25(33)22-12-10-11-21(19-22)20-32-26(34)28(30-27(32)29,23-13-6-4-7-14-23)24-15-8-5-9-16-24/h4-16,19H,3,17-18,20H2,1-2H3,(H2,29,30). The van der Waals surface area contributed by atoms with E-state index in [1.807, 2.05) is 73.7 Å². The fraction of sp³-hybridized carbons (Fsp3) is 0.250. The van der Waals surface area contributed by atoms with Crippen LogP contribution in [0.25, 0.3) is 0 Å². The first-order chi connectivity index (χ1) is 17.0. The van der Waals surface area contributed by atoms with Gasteiger partial charge in [-0.25, -0.2) is 0 Å². The molecule has 1 aliphatic rings. The normalized spacial score (nSPS) is 14.6. The highest BCUT2D eigenvalue weighted by Crippen LogP contribution is 2.36. The molecule has 0 saturated carbocycles. The predicted molar refractivity (Wildman–Crippen MR) is 135 cm³/mol. The molecule has 180 valence electrons. The van der Waals surface area contributed by atoms with Crippen LogP contribution in [-0.2, 0) is 21.6 Å². The zero-order chi connectivity index (χ0) is 24.8. The summed E-state index contributed by atoms with van der Waals surface area (Å²) in [7, 11) is 1.74. The van der Waals surface area contributed by atoms with Crippen molar-refractivity contribution in [2.45, 2.75) is 19.0 Å². The highest BCUT2D eigenvalue weighted by molar-refractivity contribution is 6.10. The smallest absolute Gasteiger partial charge is 0.264 e. The van der Waals surface area contributed by atoms with Gasteiger partial charge in [0.25, 0.3) is 11.8 Å². The van der Waals surface area contributed by atoms with Crippen LogP contribution in [-0.4, -0.2) is 54.4 Å². The summed E-state index contributed by atoms with van der Waals surface area (Å²) in [6.45, 7) is 3.67. The van der Waals surface area contributed by atoms with Gasteiger partial charge in [-0.15, -0.1) is 0 Å². The van der Waals surface area contributed by atoms with Gasteiger partial charge in [-0.1, -0.05) is 72.8 Å². The van der Waals surface area contributed by atoms with Crippen molar-refractivity contribution in [2.24, 2.45) is 0 Å². The van der Waals surface area contributed by atoms with Gasteiger partial charge in [-0.05, 0) is 35.7 Å². The number of hydrogen-bond donors (Lipinski definition) is 2. The number of benzene rings is 3. The Morgan fingerprint density at radius 3 is 2.23 bits per heavy atom. The quantitative estimate of drug-likeness (QED) is 0.468. The molecule has 0 radical (unpaired) electrons. The van der Waals surface area contributed by atoms with Crippen molar-refractivity contribution in [2.75, 3.05) is 26.8 Å². The van der Waals surface area contributed by atoms with Gasteiger partial charge in [0.15, 0.2) is 11.5 Å². The molecule has 4 rings (SSSR count). The summed E-state index contributed by atoms with van der Waals surface area (Å²) in [6, 6.07) is 26.1. The second-order valence-corrected chi connectivity index (χ2v) is 8.47. The minimum atomic E-state index is -1.19. The van der Waals surface area contributed by atoms with E-state index in [1.54, 1.807) is 30.1 Å². The van der Waals surface area contributed by atoms with E-state index >= 15 is 0 Å². The van der Waals surface area contributed by atoms with E-state index in [2.05, 4.69) is 5.32 Å². The number of guanidine groups is 1. The van der Waals surface area contributed by atoms with E-state index in [9.17, 15) is 9.59 Å². The van der Waals surface area contributed by atoms with E-state index in [0.717, 1.165) is 16.7 Å². The van der Waals surface area contributed by atoms with Gasteiger partial charge >= 0.3 is 0 Å². The van der Waals surface area contributed by atoms with Gasteiger partial charge in [-0.2, -0.15) is 0 Å². The van der Waals surface area contributed by atoms with Crippen molar-refractivity contribution >= 4 is 17.8 Å². The van der Waals surface area contributed by atoms with Crippen LogP contribution in [0.1, 0.15) is 34.0 Å². The van der Waals surface area contributed by atoms with Crippen LogP contribution >= 0.6 is 0 Å². The number of amides is 2. The van der Waals surface area contributed by atoms with Crippen LogP contribution in [0, 0.1) is 5.41 Å². The maximum absolute atomic E-state index is 14.0. The third-order valence-corrected chi connectivity index (χ3v) is 6.19. The van der Waals surface area contributed by atoms with Gasteiger partial charge in [0, 0.05) is 25.8 Å². The summed E-state index contributed by atoms with van der Waals surface area (Å²) in [5.74, 6) is -0.325. The molecule has 1 aliphatic heterocycles. The van der Waals surface area contributed by atoms with Crippen molar-refractivity contribution in [1.29, 1.82) is 5.41 Å². The Bertz CT molecular complexity index is 1160. The summed E-state index contributed by atoms with van der Waals surface area (Å²) >= 11 is 0. The van der Waals surface area contributed by atoms with Crippen LogP contribution < -0.4 is 5.32 Å². The summed E-state index contributed by atoms with van der Waals surface area (Å²) in [5, 5.41) is 11.8. The molecule has 0 aliphatic carbocycles. The molecule has 1 saturated heterocycles. The molecule has 1 heterocycles. The zero-order valence-electron chi connectivity index (χ0n) is 20.0. The number of rotatable bonds is 9. The topological polar surface area (TPSA) is 85.7 Å². The van der Waals surface area contributed by atoms with Crippen LogP contribution in [0.4, 0.5) is 0 Å². The Morgan fingerprint density at radius 1 is 1.00 bits per heavy atom. The summed E-state index contributed by atoms with van der Waals surface area (Å²) in [6.07, 6.45) is 0. The minimum Gasteiger partial charge on any atom is -0.380 e. The molecule has 2 amide bonds. The fourth-order valence-corrected chi connectivity index (χ4v) is 4.34. The van der Waals surface area contributed by atoms with Gasteiger partial charge in [0.1, 0.15) is 0 Å². The Kier molecular flexibility index (Phi) is 7.27. The summed E-state index contributed by atoms with van der Waals surface area (Å²) < 4.78 is 5.35. The molecule has 0 unspecified atom stereocenters. The van der Waals surface area contributed by atoms with E-state index in [1.165, 1.54) is 4.90 Å². The van der Waals surface area contributed by atoms with Crippen LogP contribution in [0.2, 0.25) is 0 Å². The third-order valence-electron chi connectivity index (χ3n) is 6.19. The maximum Gasteiger partial charge on any atom is 0.264 e. The molecule has 7 heteroatoms. The summed E-state index contributed by atoms with van der Waals surface area (Å²) in [5.41, 5.74) is 1.65. The van der Waals surface area contributed by atoms with Crippen LogP contribution in [0.5, 0.6) is 0 Å². The second kappa shape index (κ2) is 10.5. The lowest BCUT2D eigenvalue weighted by Gasteiger charge is -2.28. The average Bonchev–Trinajstić information content (AvgIpc) is 3.15. The molecule has 0 atom stereocenters. The molecule has 0 spiro atoms. The predicted octanol–water partition coefficient (Wildman–Crippen LogP) is 3.61. The minimum absolute atomic E-state index is 0.0215. The molecular weight excluding hydrogens is 440 g/mol. The number of nitrogens with one attached hydrogen (secondary N) is 2. The molecule has 35 heavy (non-hydrogen) atoms. The van der Waals surface area contributed by atoms with Gasteiger partial charge in [0.05, 0.1) is 13.2 Å². The number of likely N-dealkylation sites (N-methyl/N-ethyl adjacent to an activating group) is 1. The van der Waals surface area contributed by atoms with E-state index in [-0.39, 0.29) is 24.3 Å². The number of ether oxygens (including phenoxy) is 1. The fourth-order valence-electron chi connectivity index (χ4n) is 4.34. The number of carbonyl (C=O) groups is 2. The molecular formula is C28H30N4O3. The summed E-state index contributed by atoms with van der Waals surface area (Å²) in [4.78, 5) is 29.9. The van der Waals surface area contributed by atoms with Crippen molar-refractivity contribution in [3.05, 3.63) is 107 Å². The van der Waals surface area contributed by atoms with E-state index in [0.29, 0.717) is 25.3 Å². The second-order valence-electron chi connectivity index (χ2n) is 8.47. The van der Waals surface area contributed by atoms with Gasteiger partial charge < -0.3 is 15.0 Å². The number of hydrogen-bond acceptors (Lipinski definition) is 4. The molecule has 3 aromatic carbocycles. The van der Waals surface area contributed by atoms with Gasteiger partial charge in [0.2, 0.25) is 0 Å². The van der Waals surface area contributed by atoms with Gasteiger partial charge in [-0.3, -0.25) is 19.9 Å². The molecule has 2 N–H and O–H groups in total. The van der Waals surface area contributed by atoms with Crippen molar-refractivity contribution in [1.82, 2.24) is 15.1 Å².